The lowest BCUT2D eigenvalue weighted by atomic mass is 9.72. The molecule has 75 valence electrons. The van der Waals surface area contributed by atoms with Crippen molar-refractivity contribution in [3.8, 4) is 0 Å². The maximum Gasteiger partial charge on any atom is 0.0704 e. The van der Waals surface area contributed by atoms with Gasteiger partial charge in [0.15, 0.2) is 0 Å². The fourth-order valence-corrected chi connectivity index (χ4v) is 3.25. The molecule has 0 amide bonds. The van der Waals surface area contributed by atoms with Crippen molar-refractivity contribution in [1.82, 2.24) is 0 Å². The third kappa shape index (κ3) is 1.52. The first-order chi connectivity index (χ1) is 6.27. The van der Waals surface area contributed by atoms with Crippen LogP contribution in [0.3, 0.4) is 0 Å². The Labute approximate surface area is 81.5 Å². The summed E-state index contributed by atoms with van der Waals surface area (Å²) in [5, 5.41) is 10.6. The number of fused-ring (bicyclic) bond motifs is 2. The molecule has 1 heteroatoms. The number of hydrogen-bond acceptors (Lipinski definition) is 1. The van der Waals surface area contributed by atoms with E-state index in [1.54, 1.807) is 0 Å². The van der Waals surface area contributed by atoms with Gasteiger partial charge in [-0.1, -0.05) is 19.8 Å². The lowest BCUT2D eigenvalue weighted by Gasteiger charge is -2.39. The van der Waals surface area contributed by atoms with Crippen LogP contribution < -0.4 is 0 Å². The summed E-state index contributed by atoms with van der Waals surface area (Å²) in [6, 6.07) is 0. The van der Waals surface area contributed by atoms with E-state index in [1.165, 1.54) is 25.7 Å². The molecule has 0 aromatic heterocycles. The first-order valence-electron chi connectivity index (χ1n) is 5.81. The average Bonchev–Trinajstić information content (AvgIpc) is 2.39. The standard InChI is InChI=1S/C12H21O/c1-2-3-9-12(13)10-5-4-6-11(12)8-7-10/h4,10-11,13H,2-3,5-9H2,1H3. The Bertz CT molecular complexity index is 160. The largest absolute Gasteiger partial charge is 0.389 e. The molecule has 1 N–H and O–H groups in total. The van der Waals surface area contributed by atoms with Crippen LogP contribution in [0.5, 0.6) is 0 Å². The maximum absolute atomic E-state index is 10.6. The molecule has 0 saturated heterocycles. The van der Waals surface area contributed by atoms with Crippen LogP contribution in [0.4, 0.5) is 0 Å². The van der Waals surface area contributed by atoms with Gasteiger partial charge in [0, 0.05) is 0 Å². The van der Waals surface area contributed by atoms with Gasteiger partial charge in [0.25, 0.3) is 0 Å². The fraction of sp³-hybridized carbons (Fsp3) is 0.917. The van der Waals surface area contributed by atoms with Crippen molar-refractivity contribution in [2.75, 3.05) is 0 Å². The van der Waals surface area contributed by atoms with Crippen molar-refractivity contribution in [3.63, 3.8) is 0 Å². The number of aliphatic hydroxyl groups is 1. The quantitative estimate of drug-likeness (QED) is 0.709. The molecule has 2 bridgehead atoms. The van der Waals surface area contributed by atoms with Gasteiger partial charge in [-0.05, 0) is 50.4 Å². The van der Waals surface area contributed by atoms with Crippen molar-refractivity contribution in [2.45, 2.75) is 57.5 Å². The second-order valence-electron chi connectivity index (χ2n) is 4.83. The second-order valence-corrected chi connectivity index (χ2v) is 4.83. The van der Waals surface area contributed by atoms with Crippen LogP contribution in [0.25, 0.3) is 0 Å². The predicted octanol–water partition coefficient (Wildman–Crippen LogP) is 2.93. The topological polar surface area (TPSA) is 20.2 Å². The Morgan fingerprint density at radius 3 is 2.46 bits per heavy atom. The molecule has 2 aliphatic rings. The molecule has 2 fully saturated rings. The van der Waals surface area contributed by atoms with E-state index in [0.717, 1.165) is 19.3 Å². The molecule has 0 spiro atoms. The summed E-state index contributed by atoms with van der Waals surface area (Å²) in [6.07, 6.45) is 10.7. The van der Waals surface area contributed by atoms with E-state index in [9.17, 15) is 5.11 Å². The molecule has 0 heterocycles. The highest BCUT2D eigenvalue weighted by Crippen LogP contribution is 2.51. The van der Waals surface area contributed by atoms with E-state index in [2.05, 4.69) is 13.3 Å². The maximum atomic E-state index is 10.6. The van der Waals surface area contributed by atoms with E-state index >= 15 is 0 Å². The third-order valence-electron chi connectivity index (χ3n) is 4.11. The van der Waals surface area contributed by atoms with Crippen LogP contribution in [0.1, 0.15) is 51.9 Å². The Morgan fingerprint density at radius 2 is 1.92 bits per heavy atom. The summed E-state index contributed by atoms with van der Waals surface area (Å²) in [4.78, 5) is 0. The van der Waals surface area contributed by atoms with Crippen LogP contribution in [0, 0.1) is 18.3 Å². The first-order valence-corrected chi connectivity index (χ1v) is 5.81. The van der Waals surface area contributed by atoms with E-state index in [0.29, 0.717) is 11.8 Å². The van der Waals surface area contributed by atoms with Gasteiger partial charge in [-0.25, -0.2) is 0 Å². The van der Waals surface area contributed by atoms with E-state index in [1.807, 2.05) is 0 Å². The summed E-state index contributed by atoms with van der Waals surface area (Å²) >= 11 is 0. The minimum absolute atomic E-state index is 0.273. The predicted molar refractivity (Wildman–Crippen MR) is 54.2 cm³/mol. The number of hydrogen-bond donors (Lipinski definition) is 1. The van der Waals surface area contributed by atoms with Crippen LogP contribution in [0.15, 0.2) is 0 Å². The molecule has 0 aromatic rings. The van der Waals surface area contributed by atoms with Gasteiger partial charge in [0.1, 0.15) is 0 Å². The molecule has 2 saturated carbocycles. The minimum Gasteiger partial charge on any atom is -0.389 e. The molecule has 1 radical (unpaired) electrons. The Morgan fingerprint density at radius 1 is 1.31 bits per heavy atom. The summed E-state index contributed by atoms with van der Waals surface area (Å²) in [5.41, 5.74) is -0.273. The molecular formula is C12H21O. The fourth-order valence-electron chi connectivity index (χ4n) is 3.25. The second kappa shape index (κ2) is 3.61. The molecule has 1 nitrogen and oxygen atoms in total. The van der Waals surface area contributed by atoms with Crippen molar-refractivity contribution in [1.29, 1.82) is 0 Å². The zero-order valence-corrected chi connectivity index (χ0v) is 8.63. The zero-order chi connectivity index (χ0) is 9.31. The summed E-state index contributed by atoms with van der Waals surface area (Å²) < 4.78 is 0. The lowest BCUT2D eigenvalue weighted by Crippen LogP contribution is -2.42. The summed E-state index contributed by atoms with van der Waals surface area (Å²) in [7, 11) is 0. The van der Waals surface area contributed by atoms with Crippen LogP contribution in [-0.4, -0.2) is 10.7 Å². The van der Waals surface area contributed by atoms with Gasteiger partial charge in [-0.2, -0.15) is 0 Å². The number of rotatable bonds is 3. The normalized spacial score (nSPS) is 43.8. The van der Waals surface area contributed by atoms with Gasteiger partial charge in [0.05, 0.1) is 5.60 Å². The van der Waals surface area contributed by atoms with Crippen molar-refractivity contribution in [2.24, 2.45) is 11.8 Å². The van der Waals surface area contributed by atoms with Crippen LogP contribution in [-0.2, 0) is 0 Å². The lowest BCUT2D eigenvalue weighted by molar-refractivity contribution is -0.0574. The molecule has 2 atom stereocenters. The van der Waals surface area contributed by atoms with Gasteiger partial charge < -0.3 is 5.11 Å². The molecule has 0 aliphatic heterocycles. The molecule has 2 aliphatic carbocycles. The van der Waals surface area contributed by atoms with Crippen molar-refractivity contribution < 1.29 is 5.11 Å². The first kappa shape index (κ1) is 9.51. The van der Waals surface area contributed by atoms with Crippen LogP contribution >= 0.6 is 0 Å². The SMILES string of the molecule is CCCCC1(O)C2C[CH]CC1CC2. The van der Waals surface area contributed by atoms with Crippen LogP contribution in [0.2, 0.25) is 0 Å². The highest BCUT2D eigenvalue weighted by atomic mass is 16.3. The zero-order valence-electron chi connectivity index (χ0n) is 8.63. The van der Waals surface area contributed by atoms with Crippen molar-refractivity contribution >= 4 is 0 Å². The molecule has 2 rings (SSSR count). The average molecular weight is 181 g/mol. The van der Waals surface area contributed by atoms with Crippen molar-refractivity contribution in [3.05, 3.63) is 6.42 Å². The van der Waals surface area contributed by atoms with E-state index in [-0.39, 0.29) is 5.60 Å². The summed E-state index contributed by atoms with van der Waals surface area (Å²) in [5.74, 6) is 1.19. The van der Waals surface area contributed by atoms with E-state index < -0.39 is 0 Å². The molecule has 13 heavy (non-hydrogen) atoms. The molecule has 2 unspecified atom stereocenters. The minimum atomic E-state index is -0.273. The highest BCUT2D eigenvalue weighted by Gasteiger charge is 2.49. The number of unbranched alkanes of at least 4 members (excludes halogenated alkanes) is 1. The summed E-state index contributed by atoms with van der Waals surface area (Å²) in [6.45, 7) is 2.21. The monoisotopic (exact) mass is 181 g/mol. The smallest absolute Gasteiger partial charge is 0.0704 e. The Balaban J connectivity index is 2.03. The molecular weight excluding hydrogens is 160 g/mol. The Hall–Kier alpha value is -0.0400. The van der Waals surface area contributed by atoms with Gasteiger partial charge in [-0.3, -0.25) is 0 Å². The highest BCUT2D eigenvalue weighted by molar-refractivity contribution is 5.05. The van der Waals surface area contributed by atoms with Gasteiger partial charge in [0.2, 0.25) is 0 Å². The van der Waals surface area contributed by atoms with Gasteiger partial charge >= 0.3 is 0 Å². The van der Waals surface area contributed by atoms with Gasteiger partial charge in [-0.15, -0.1) is 0 Å². The Kier molecular flexibility index (Phi) is 2.64. The van der Waals surface area contributed by atoms with E-state index in [4.69, 9.17) is 0 Å². The molecule has 0 aromatic carbocycles. The third-order valence-corrected chi connectivity index (χ3v) is 4.11.